The molecule has 2 unspecified atom stereocenters. The molecule has 2 heterocycles. The number of urea groups is 1. The van der Waals surface area contributed by atoms with Crippen molar-refractivity contribution in [1.82, 2.24) is 15.1 Å². The number of likely N-dealkylation sites (N-methyl/N-ethyl adjacent to an activating group) is 1. The normalized spacial score (nSPS) is 18.3. The van der Waals surface area contributed by atoms with Gasteiger partial charge in [-0.2, -0.15) is 0 Å². The molecule has 1 aromatic heterocycles. The first-order chi connectivity index (χ1) is 12.4. The number of amides is 2. The monoisotopic (exact) mass is 379 g/mol. The molecule has 0 spiro atoms. The Bertz CT molecular complexity index is 811. The van der Waals surface area contributed by atoms with Gasteiger partial charge in [-0.25, -0.2) is 9.69 Å². The van der Waals surface area contributed by atoms with E-state index in [4.69, 9.17) is 4.74 Å². The number of aliphatic hydroxyl groups is 1. The Labute approximate surface area is 152 Å². The Hall–Kier alpha value is -2.79. The van der Waals surface area contributed by atoms with Gasteiger partial charge in [0.05, 0.1) is 11.5 Å². The van der Waals surface area contributed by atoms with Crippen molar-refractivity contribution in [3.05, 3.63) is 39.4 Å². The van der Waals surface area contributed by atoms with Crippen molar-refractivity contribution < 1.29 is 19.6 Å². The number of rotatable bonds is 6. The van der Waals surface area contributed by atoms with Crippen LogP contribution in [0.5, 0.6) is 5.75 Å². The third-order valence-corrected chi connectivity index (χ3v) is 4.89. The summed E-state index contributed by atoms with van der Waals surface area (Å²) in [6.45, 7) is 2.10. The van der Waals surface area contributed by atoms with Gasteiger partial charge in [0, 0.05) is 19.2 Å². The molecule has 138 valence electrons. The standard InChI is InChI=1S/C15H17N5O5S/c1-3-11(25-10-6-4-9(5-7-10)20(23)24)13-16-17-14(26-13)19-12(21)8-18(2)15(19)22/h4-7,11-12,21H,3,8H2,1-2H3. The molecule has 1 N–H and O–H groups in total. The lowest BCUT2D eigenvalue weighted by Crippen LogP contribution is -2.34. The van der Waals surface area contributed by atoms with Gasteiger partial charge >= 0.3 is 6.03 Å². The minimum absolute atomic E-state index is 0.0192. The van der Waals surface area contributed by atoms with Crippen LogP contribution in [-0.4, -0.2) is 51.0 Å². The van der Waals surface area contributed by atoms with E-state index in [1.54, 1.807) is 7.05 Å². The molecule has 11 heteroatoms. The molecule has 10 nitrogen and oxygen atoms in total. The van der Waals surface area contributed by atoms with Crippen LogP contribution in [0.15, 0.2) is 24.3 Å². The molecule has 0 saturated carbocycles. The molecule has 2 aromatic rings. The van der Waals surface area contributed by atoms with Crippen molar-refractivity contribution in [3.63, 3.8) is 0 Å². The van der Waals surface area contributed by atoms with Gasteiger partial charge < -0.3 is 14.7 Å². The molecular formula is C15H17N5O5S. The molecule has 1 aliphatic rings. The first kappa shape index (κ1) is 18.0. The molecule has 0 bridgehead atoms. The zero-order chi connectivity index (χ0) is 18.8. The van der Waals surface area contributed by atoms with Gasteiger partial charge in [0.15, 0.2) is 17.3 Å². The van der Waals surface area contributed by atoms with Crippen LogP contribution in [-0.2, 0) is 0 Å². The first-order valence-corrected chi connectivity index (χ1v) is 8.69. The van der Waals surface area contributed by atoms with Crippen LogP contribution < -0.4 is 9.64 Å². The lowest BCUT2D eigenvalue weighted by atomic mass is 10.2. The van der Waals surface area contributed by atoms with Crippen molar-refractivity contribution in [1.29, 1.82) is 0 Å². The second kappa shape index (κ2) is 7.22. The zero-order valence-corrected chi connectivity index (χ0v) is 14.9. The second-order valence-corrected chi connectivity index (χ2v) is 6.69. The molecular weight excluding hydrogens is 362 g/mol. The van der Waals surface area contributed by atoms with E-state index in [9.17, 15) is 20.0 Å². The van der Waals surface area contributed by atoms with Gasteiger partial charge in [-0.3, -0.25) is 10.1 Å². The summed E-state index contributed by atoms with van der Waals surface area (Å²) < 4.78 is 5.84. The average molecular weight is 379 g/mol. The number of hydrogen-bond acceptors (Lipinski definition) is 8. The Kier molecular flexibility index (Phi) is 5.00. The van der Waals surface area contributed by atoms with Crippen LogP contribution in [0.4, 0.5) is 15.6 Å². The van der Waals surface area contributed by atoms with Crippen LogP contribution in [0.3, 0.4) is 0 Å². The predicted octanol–water partition coefficient (Wildman–Crippen LogP) is 2.17. The number of aliphatic hydroxyl groups excluding tert-OH is 1. The zero-order valence-electron chi connectivity index (χ0n) is 14.1. The van der Waals surface area contributed by atoms with Crippen LogP contribution in [0.2, 0.25) is 0 Å². The minimum Gasteiger partial charge on any atom is -0.483 e. The summed E-state index contributed by atoms with van der Waals surface area (Å²) in [6.07, 6.45) is -0.804. The summed E-state index contributed by atoms with van der Waals surface area (Å²) in [6, 6.07) is 5.42. The fraction of sp³-hybridized carbons (Fsp3) is 0.400. The van der Waals surface area contributed by atoms with E-state index in [-0.39, 0.29) is 18.3 Å². The van der Waals surface area contributed by atoms with E-state index in [1.807, 2.05) is 6.92 Å². The molecule has 2 amide bonds. The maximum atomic E-state index is 12.1. The van der Waals surface area contributed by atoms with Crippen LogP contribution in [0, 0.1) is 10.1 Å². The van der Waals surface area contributed by atoms with Crippen molar-refractivity contribution >= 4 is 28.2 Å². The summed E-state index contributed by atoms with van der Waals surface area (Å²) >= 11 is 1.16. The molecule has 2 atom stereocenters. The fourth-order valence-electron chi connectivity index (χ4n) is 2.50. The van der Waals surface area contributed by atoms with E-state index in [1.165, 1.54) is 34.1 Å². The minimum atomic E-state index is -0.969. The number of ether oxygens (including phenoxy) is 1. The SMILES string of the molecule is CCC(Oc1ccc([N+](=O)[O-])cc1)c1nnc(N2C(=O)N(C)CC2O)s1. The van der Waals surface area contributed by atoms with Gasteiger partial charge in [0.2, 0.25) is 5.13 Å². The van der Waals surface area contributed by atoms with Crippen molar-refractivity contribution in [2.24, 2.45) is 0 Å². The number of anilines is 1. The molecule has 1 saturated heterocycles. The fourth-order valence-corrected chi connectivity index (χ4v) is 3.49. The maximum absolute atomic E-state index is 12.1. The highest BCUT2D eigenvalue weighted by Crippen LogP contribution is 2.33. The van der Waals surface area contributed by atoms with Gasteiger partial charge in [0.1, 0.15) is 5.75 Å². The van der Waals surface area contributed by atoms with E-state index < -0.39 is 17.3 Å². The summed E-state index contributed by atoms with van der Waals surface area (Å²) in [5.74, 6) is 0.469. The molecule has 1 aliphatic heterocycles. The smallest absolute Gasteiger partial charge is 0.328 e. The van der Waals surface area contributed by atoms with E-state index in [2.05, 4.69) is 10.2 Å². The van der Waals surface area contributed by atoms with E-state index in [0.717, 1.165) is 11.3 Å². The first-order valence-electron chi connectivity index (χ1n) is 7.87. The number of nitro benzene ring substituents is 1. The number of non-ortho nitro benzene ring substituents is 1. The summed E-state index contributed by atoms with van der Waals surface area (Å²) in [5, 5.41) is 29.6. The number of nitro groups is 1. The number of carbonyl (C=O) groups is 1. The highest BCUT2D eigenvalue weighted by molar-refractivity contribution is 7.15. The number of hydrogen-bond donors (Lipinski definition) is 1. The molecule has 0 aliphatic carbocycles. The summed E-state index contributed by atoms with van der Waals surface area (Å²) in [7, 11) is 1.60. The Morgan fingerprint density at radius 1 is 1.42 bits per heavy atom. The number of β-amino-alcohol motifs (C(OH)–C–C–N with tert-alkyl or cyclic N) is 1. The van der Waals surface area contributed by atoms with E-state index in [0.29, 0.717) is 22.3 Å². The highest BCUT2D eigenvalue weighted by atomic mass is 32.1. The van der Waals surface area contributed by atoms with Crippen molar-refractivity contribution in [2.45, 2.75) is 25.7 Å². The Morgan fingerprint density at radius 2 is 2.12 bits per heavy atom. The third kappa shape index (κ3) is 3.44. The average Bonchev–Trinajstić information content (AvgIpc) is 3.18. The van der Waals surface area contributed by atoms with Gasteiger partial charge in [0.25, 0.3) is 5.69 Å². The third-order valence-electron chi connectivity index (χ3n) is 3.88. The Balaban J connectivity index is 1.76. The molecule has 3 rings (SSSR count). The molecule has 0 radical (unpaired) electrons. The van der Waals surface area contributed by atoms with Gasteiger partial charge in [-0.05, 0) is 18.6 Å². The van der Waals surface area contributed by atoms with Crippen LogP contribution in [0.1, 0.15) is 24.5 Å². The quantitative estimate of drug-likeness (QED) is 0.603. The lowest BCUT2D eigenvalue weighted by molar-refractivity contribution is -0.384. The molecule has 1 aromatic carbocycles. The van der Waals surface area contributed by atoms with Crippen molar-refractivity contribution in [3.8, 4) is 5.75 Å². The predicted molar refractivity (Wildman–Crippen MR) is 93.2 cm³/mol. The number of carbonyl (C=O) groups excluding carboxylic acids is 1. The van der Waals surface area contributed by atoms with Crippen LogP contribution in [0.25, 0.3) is 0 Å². The number of aromatic nitrogens is 2. The number of benzene rings is 1. The topological polar surface area (TPSA) is 122 Å². The Morgan fingerprint density at radius 3 is 2.65 bits per heavy atom. The molecule has 1 fully saturated rings. The largest absolute Gasteiger partial charge is 0.483 e. The summed E-state index contributed by atoms with van der Waals surface area (Å²) in [4.78, 5) is 24.9. The van der Waals surface area contributed by atoms with Gasteiger partial charge in [-0.15, -0.1) is 10.2 Å². The lowest BCUT2D eigenvalue weighted by Gasteiger charge is -2.15. The number of nitrogens with zero attached hydrogens (tertiary/aromatic N) is 5. The summed E-state index contributed by atoms with van der Waals surface area (Å²) in [5.41, 5.74) is -0.0192. The van der Waals surface area contributed by atoms with Crippen LogP contribution >= 0.6 is 11.3 Å². The highest BCUT2D eigenvalue weighted by Gasteiger charge is 2.37. The van der Waals surface area contributed by atoms with Gasteiger partial charge in [-0.1, -0.05) is 18.3 Å². The molecule has 26 heavy (non-hydrogen) atoms. The second-order valence-electron chi connectivity index (χ2n) is 5.70. The van der Waals surface area contributed by atoms with E-state index >= 15 is 0 Å². The van der Waals surface area contributed by atoms with Crippen molar-refractivity contribution in [2.75, 3.05) is 18.5 Å². The maximum Gasteiger partial charge on any atom is 0.328 e.